The molecule has 0 aliphatic rings. The van der Waals surface area contributed by atoms with E-state index in [2.05, 4.69) is 4.98 Å². The van der Waals surface area contributed by atoms with Gasteiger partial charge in [-0.3, -0.25) is 4.98 Å². The van der Waals surface area contributed by atoms with E-state index in [9.17, 15) is 17.9 Å². The third-order valence-electron chi connectivity index (χ3n) is 3.04. The molecule has 2 atom stereocenters. The van der Waals surface area contributed by atoms with Crippen molar-refractivity contribution in [3.05, 3.63) is 29.8 Å². The van der Waals surface area contributed by atoms with Crippen molar-refractivity contribution in [2.24, 2.45) is 5.92 Å². The molecule has 2 unspecified atom stereocenters. The largest absolute Gasteiger partial charge is 0.386 e. The van der Waals surface area contributed by atoms with Gasteiger partial charge in [-0.1, -0.05) is 6.92 Å². The maximum Gasteiger partial charge on any atom is 0.148 e. The van der Waals surface area contributed by atoms with Gasteiger partial charge in [0.05, 0.1) is 23.7 Å². The number of sulfone groups is 1. The molecule has 114 valence electrons. The van der Waals surface area contributed by atoms with E-state index in [1.807, 2.05) is 11.8 Å². The van der Waals surface area contributed by atoms with Crippen molar-refractivity contribution >= 4 is 9.84 Å². The van der Waals surface area contributed by atoms with E-state index in [4.69, 9.17) is 0 Å². The number of hydrogen-bond donors (Lipinski definition) is 1. The summed E-state index contributed by atoms with van der Waals surface area (Å²) in [5.41, 5.74) is 0.412. The maximum absolute atomic E-state index is 12.8. The van der Waals surface area contributed by atoms with Gasteiger partial charge in [0.25, 0.3) is 0 Å². The van der Waals surface area contributed by atoms with Crippen molar-refractivity contribution in [2.75, 3.05) is 32.1 Å². The Bertz CT molecular complexity index is 519. The molecule has 0 aromatic carbocycles. The molecule has 0 spiro atoms. The number of hydrogen-bond acceptors (Lipinski definition) is 5. The van der Waals surface area contributed by atoms with Crippen LogP contribution < -0.4 is 0 Å². The number of pyridine rings is 1. The Hall–Kier alpha value is -1.05. The zero-order chi connectivity index (χ0) is 15.3. The molecule has 0 saturated carbocycles. The predicted octanol–water partition coefficient (Wildman–Crippen LogP) is 0.867. The Kier molecular flexibility index (Phi) is 6.04. The number of rotatable bonds is 7. The fourth-order valence-corrected chi connectivity index (χ4v) is 2.50. The summed E-state index contributed by atoms with van der Waals surface area (Å²) in [4.78, 5) is 5.70. The van der Waals surface area contributed by atoms with Crippen molar-refractivity contribution < 1.29 is 17.9 Å². The monoisotopic (exact) mass is 304 g/mol. The van der Waals surface area contributed by atoms with Gasteiger partial charge < -0.3 is 10.0 Å². The minimum atomic E-state index is -2.99. The fourth-order valence-electron chi connectivity index (χ4n) is 1.86. The van der Waals surface area contributed by atoms with Crippen molar-refractivity contribution in [1.29, 1.82) is 0 Å². The lowest BCUT2D eigenvalue weighted by molar-refractivity contribution is 0.0925. The smallest absolute Gasteiger partial charge is 0.148 e. The van der Waals surface area contributed by atoms with Crippen LogP contribution in [0.3, 0.4) is 0 Å². The molecule has 1 rings (SSSR count). The van der Waals surface area contributed by atoms with Crippen molar-refractivity contribution in [2.45, 2.75) is 13.0 Å². The SMILES string of the molecule is CC(CN(C)CCS(C)(=O)=O)C(O)c1ccc(F)cn1. The summed E-state index contributed by atoms with van der Waals surface area (Å²) in [5.74, 6) is -0.502. The zero-order valence-electron chi connectivity index (χ0n) is 12.0. The normalized spacial score (nSPS) is 15.3. The average molecular weight is 304 g/mol. The van der Waals surface area contributed by atoms with Crippen LogP contribution in [0.5, 0.6) is 0 Å². The van der Waals surface area contributed by atoms with Crippen molar-refractivity contribution in [1.82, 2.24) is 9.88 Å². The fraction of sp³-hybridized carbons (Fsp3) is 0.615. The number of nitrogens with zero attached hydrogens (tertiary/aromatic N) is 2. The number of aromatic nitrogens is 1. The van der Waals surface area contributed by atoms with Crippen LogP contribution in [-0.4, -0.2) is 55.6 Å². The van der Waals surface area contributed by atoms with E-state index < -0.39 is 21.8 Å². The summed E-state index contributed by atoms with van der Waals surface area (Å²) in [5, 5.41) is 10.1. The highest BCUT2D eigenvalue weighted by atomic mass is 32.2. The second-order valence-electron chi connectivity index (χ2n) is 5.22. The van der Waals surface area contributed by atoms with E-state index >= 15 is 0 Å². The molecule has 0 bridgehead atoms. The van der Waals surface area contributed by atoms with Crippen LogP contribution in [0.1, 0.15) is 18.7 Å². The molecule has 20 heavy (non-hydrogen) atoms. The first-order valence-electron chi connectivity index (χ1n) is 6.35. The minimum absolute atomic E-state index is 0.0844. The number of aliphatic hydroxyl groups is 1. The van der Waals surface area contributed by atoms with Crippen LogP contribution in [0.2, 0.25) is 0 Å². The van der Waals surface area contributed by atoms with Gasteiger partial charge in [-0.05, 0) is 19.2 Å². The second-order valence-corrected chi connectivity index (χ2v) is 7.48. The third-order valence-corrected chi connectivity index (χ3v) is 3.96. The van der Waals surface area contributed by atoms with Crippen LogP contribution in [0.4, 0.5) is 4.39 Å². The lowest BCUT2D eigenvalue weighted by atomic mass is 10.0. The second kappa shape index (κ2) is 7.10. The van der Waals surface area contributed by atoms with Gasteiger partial charge in [-0.2, -0.15) is 0 Å². The molecular formula is C13H21FN2O3S. The summed E-state index contributed by atoms with van der Waals surface area (Å²) in [6, 6.07) is 2.71. The molecule has 1 aromatic heterocycles. The summed E-state index contributed by atoms with van der Waals surface area (Å²) in [6.45, 7) is 2.77. The van der Waals surface area contributed by atoms with Gasteiger partial charge in [0.2, 0.25) is 0 Å². The van der Waals surface area contributed by atoms with E-state index in [0.717, 1.165) is 6.20 Å². The highest BCUT2D eigenvalue weighted by molar-refractivity contribution is 7.90. The van der Waals surface area contributed by atoms with Gasteiger partial charge in [0.15, 0.2) is 0 Å². The highest BCUT2D eigenvalue weighted by Crippen LogP contribution is 2.20. The highest BCUT2D eigenvalue weighted by Gasteiger charge is 2.19. The number of halogens is 1. The first-order valence-corrected chi connectivity index (χ1v) is 8.41. The molecule has 1 aromatic rings. The van der Waals surface area contributed by atoms with Crippen LogP contribution in [-0.2, 0) is 9.84 Å². The lowest BCUT2D eigenvalue weighted by Crippen LogP contribution is -2.31. The zero-order valence-corrected chi connectivity index (χ0v) is 12.8. The van der Waals surface area contributed by atoms with Gasteiger partial charge in [-0.25, -0.2) is 12.8 Å². The molecule has 0 saturated heterocycles. The molecule has 0 radical (unpaired) electrons. The van der Waals surface area contributed by atoms with Crippen LogP contribution >= 0.6 is 0 Å². The van der Waals surface area contributed by atoms with Crippen LogP contribution in [0.25, 0.3) is 0 Å². The molecule has 0 aliphatic carbocycles. The Balaban J connectivity index is 2.52. The third kappa shape index (κ3) is 5.94. The molecule has 1 N–H and O–H groups in total. The Morgan fingerprint density at radius 3 is 2.60 bits per heavy atom. The predicted molar refractivity (Wildman–Crippen MR) is 75.5 cm³/mol. The van der Waals surface area contributed by atoms with Gasteiger partial charge in [0, 0.05) is 25.3 Å². The molecule has 5 nitrogen and oxygen atoms in total. The quantitative estimate of drug-likeness (QED) is 0.809. The van der Waals surface area contributed by atoms with Gasteiger partial charge in [-0.15, -0.1) is 0 Å². The van der Waals surface area contributed by atoms with Gasteiger partial charge in [0.1, 0.15) is 15.7 Å². The molecule has 1 heterocycles. The van der Waals surface area contributed by atoms with E-state index in [0.29, 0.717) is 18.8 Å². The Morgan fingerprint density at radius 1 is 1.45 bits per heavy atom. The lowest BCUT2D eigenvalue weighted by Gasteiger charge is -2.24. The van der Waals surface area contributed by atoms with Crippen molar-refractivity contribution in [3.63, 3.8) is 0 Å². The standard InChI is InChI=1S/C13H21FN2O3S/c1-10(9-16(2)6-7-20(3,18)19)13(17)12-5-4-11(14)8-15-12/h4-5,8,10,13,17H,6-7,9H2,1-3H3. The summed E-state index contributed by atoms with van der Waals surface area (Å²) in [6.07, 6.45) is 1.46. The van der Waals surface area contributed by atoms with Crippen molar-refractivity contribution in [3.8, 4) is 0 Å². The molecule has 7 heteroatoms. The number of aliphatic hydroxyl groups excluding tert-OH is 1. The first kappa shape index (κ1) is 17.0. The topological polar surface area (TPSA) is 70.5 Å². The average Bonchev–Trinajstić information content (AvgIpc) is 2.35. The summed E-state index contributed by atoms with van der Waals surface area (Å²) in [7, 11) is -1.19. The Morgan fingerprint density at radius 2 is 2.10 bits per heavy atom. The first-order chi connectivity index (χ1) is 9.19. The van der Waals surface area contributed by atoms with E-state index in [1.165, 1.54) is 18.4 Å². The summed E-state index contributed by atoms with van der Waals surface area (Å²) >= 11 is 0. The molecular weight excluding hydrogens is 283 g/mol. The summed E-state index contributed by atoms with van der Waals surface area (Å²) < 4.78 is 34.9. The minimum Gasteiger partial charge on any atom is -0.386 e. The van der Waals surface area contributed by atoms with E-state index in [-0.39, 0.29) is 11.7 Å². The van der Waals surface area contributed by atoms with Gasteiger partial charge >= 0.3 is 0 Å². The molecule has 0 aliphatic heterocycles. The molecule has 0 fully saturated rings. The van der Waals surface area contributed by atoms with Crippen LogP contribution in [0.15, 0.2) is 18.3 Å². The maximum atomic E-state index is 12.8. The van der Waals surface area contributed by atoms with E-state index in [1.54, 1.807) is 7.05 Å². The van der Waals surface area contributed by atoms with Crippen LogP contribution in [0, 0.1) is 11.7 Å². The molecule has 0 amide bonds. The Labute approximate surface area is 119 Å².